The molecule has 6 nitrogen and oxygen atoms in total. The van der Waals surface area contributed by atoms with E-state index in [4.69, 9.17) is 9.47 Å². The Balaban J connectivity index is 1.78. The lowest BCUT2D eigenvalue weighted by atomic mass is 10.1. The molecule has 0 aliphatic carbocycles. The molecule has 8 heteroatoms. The van der Waals surface area contributed by atoms with Crippen LogP contribution in [0.25, 0.3) is 0 Å². The molecule has 144 valence electrons. The molecule has 0 saturated carbocycles. The van der Waals surface area contributed by atoms with Crippen molar-refractivity contribution in [3.05, 3.63) is 59.2 Å². The van der Waals surface area contributed by atoms with E-state index in [-0.39, 0.29) is 31.0 Å². The van der Waals surface area contributed by atoms with Gasteiger partial charge in [0, 0.05) is 19.2 Å². The molecule has 27 heavy (non-hydrogen) atoms. The van der Waals surface area contributed by atoms with E-state index in [0.29, 0.717) is 17.6 Å². The van der Waals surface area contributed by atoms with Gasteiger partial charge in [0.25, 0.3) is 5.91 Å². The van der Waals surface area contributed by atoms with Gasteiger partial charge in [-0.15, -0.1) is 0 Å². The Hall–Kier alpha value is -3.16. The molecule has 2 aromatic rings. The molecule has 0 fully saturated rings. The molecular weight excluding hydrogens is 358 g/mol. The van der Waals surface area contributed by atoms with Gasteiger partial charge >= 0.3 is 0 Å². The van der Waals surface area contributed by atoms with Crippen molar-refractivity contribution in [3.63, 3.8) is 0 Å². The Morgan fingerprint density at radius 2 is 1.63 bits per heavy atom. The van der Waals surface area contributed by atoms with Crippen LogP contribution in [-0.2, 0) is 11.2 Å². The van der Waals surface area contributed by atoms with E-state index in [9.17, 15) is 18.4 Å². The van der Waals surface area contributed by atoms with Crippen molar-refractivity contribution >= 4 is 11.8 Å². The average Bonchev–Trinajstić information content (AvgIpc) is 2.64. The molecule has 0 unspecified atom stereocenters. The third kappa shape index (κ3) is 5.67. The zero-order valence-corrected chi connectivity index (χ0v) is 15.0. The molecule has 0 spiro atoms. The lowest BCUT2D eigenvalue weighted by Gasteiger charge is -2.10. The van der Waals surface area contributed by atoms with Gasteiger partial charge in [-0.05, 0) is 29.8 Å². The van der Waals surface area contributed by atoms with Crippen LogP contribution in [0.2, 0.25) is 0 Å². The quantitative estimate of drug-likeness (QED) is 0.690. The first-order valence-corrected chi connectivity index (χ1v) is 8.15. The Bertz CT molecular complexity index is 827. The van der Waals surface area contributed by atoms with Crippen LogP contribution >= 0.6 is 0 Å². The number of carbonyl (C=O) groups is 2. The van der Waals surface area contributed by atoms with Crippen LogP contribution in [-0.4, -0.2) is 39.1 Å². The fraction of sp³-hybridized carbons (Fsp3) is 0.263. The molecule has 0 bridgehead atoms. The van der Waals surface area contributed by atoms with E-state index in [1.165, 1.54) is 14.2 Å². The highest BCUT2D eigenvalue weighted by Gasteiger charge is 2.12. The van der Waals surface area contributed by atoms with Gasteiger partial charge in [0.2, 0.25) is 5.91 Å². The molecule has 2 N–H and O–H groups in total. The highest BCUT2D eigenvalue weighted by Crippen LogP contribution is 2.27. The normalized spacial score (nSPS) is 10.2. The molecule has 0 atom stereocenters. The van der Waals surface area contributed by atoms with Gasteiger partial charge in [0.05, 0.1) is 26.2 Å². The van der Waals surface area contributed by atoms with E-state index >= 15 is 0 Å². The topological polar surface area (TPSA) is 76.7 Å². The maximum Gasteiger partial charge on any atom is 0.254 e. The molecule has 2 aromatic carbocycles. The zero-order chi connectivity index (χ0) is 19.8. The van der Waals surface area contributed by atoms with Crippen molar-refractivity contribution in [2.45, 2.75) is 6.42 Å². The second-order valence-electron chi connectivity index (χ2n) is 5.60. The fourth-order valence-corrected chi connectivity index (χ4v) is 2.39. The van der Waals surface area contributed by atoms with Crippen molar-refractivity contribution in [1.29, 1.82) is 0 Å². The highest BCUT2D eigenvalue weighted by atomic mass is 19.1. The van der Waals surface area contributed by atoms with Crippen LogP contribution in [0.15, 0.2) is 36.4 Å². The Kier molecular flexibility index (Phi) is 7.10. The zero-order valence-electron chi connectivity index (χ0n) is 15.0. The van der Waals surface area contributed by atoms with Gasteiger partial charge in [-0.2, -0.15) is 0 Å². The molecule has 2 amide bonds. The third-order valence-corrected chi connectivity index (χ3v) is 3.72. The number of hydrogen-bond acceptors (Lipinski definition) is 4. The molecule has 0 aliphatic heterocycles. The largest absolute Gasteiger partial charge is 0.493 e. The molecule has 0 aromatic heterocycles. The maximum absolute atomic E-state index is 13.5. The summed E-state index contributed by atoms with van der Waals surface area (Å²) in [5, 5.41) is 5.11. The van der Waals surface area contributed by atoms with Gasteiger partial charge < -0.3 is 20.1 Å². The number of methoxy groups -OCH3 is 2. The van der Waals surface area contributed by atoms with Crippen LogP contribution in [0.1, 0.15) is 15.9 Å². The molecular formula is C19H20F2N2O4. The molecule has 0 heterocycles. The summed E-state index contributed by atoms with van der Waals surface area (Å²) in [7, 11) is 3.03. The van der Waals surface area contributed by atoms with E-state index in [2.05, 4.69) is 10.6 Å². The molecule has 0 aliphatic rings. The van der Waals surface area contributed by atoms with Crippen LogP contribution in [0.3, 0.4) is 0 Å². The van der Waals surface area contributed by atoms with Crippen molar-refractivity contribution in [2.24, 2.45) is 0 Å². The summed E-state index contributed by atoms with van der Waals surface area (Å²) in [6.07, 6.45) is 0.126. The lowest BCUT2D eigenvalue weighted by molar-refractivity contribution is -0.120. The minimum Gasteiger partial charge on any atom is -0.493 e. The van der Waals surface area contributed by atoms with Gasteiger partial charge in [-0.25, -0.2) is 8.78 Å². The van der Waals surface area contributed by atoms with E-state index in [1.807, 2.05) is 0 Å². The number of hydrogen-bond donors (Lipinski definition) is 2. The monoisotopic (exact) mass is 378 g/mol. The summed E-state index contributed by atoms with van der Waals surface area (Å²) in [6, 6.07) is 7.87. The number of halogens is 2. The minimum atomic E-state index is -0.940. The third-order valence-electron chi connectivity index (χ3n) is 3.72. The standard InChI is InChI=1S/C19H20F2N2O4/c1-26-16-6-3-12(9-17(16)27-2)10-18(24)22-7-8-23-19(25)14-5-4-13(20)11-15(14)21/h3-6,9,11H,7-8,10H2,1-2H3,(H,22,24)(H,23,25). The second kappa shape index (κ2) is 9.51. The predicted molar refractivity (Wildman–Crippen MR) is 95.0 cm³/mol. The number of benzene rings is 2. The molecule has 0 saturated heterocycles. The summed E-state index contributed by atoms with van der Waals surface area (Å²) < 4.78 is 36.7. The Morgan fingerprint density at radius 1 is 0.926 bits per heavy atom. The minimum absolute atomic E-state index is 0.104. The van der Waals surface area contributed by atoms with Gasteiger partial charge in [-0.1, -0.05) is 6.07 Å². The number of amides is 2. The van der Waals surface area contributed by atoms with Crippen molar-refractivity contribution in [2.75, 3.05) is 27.3 Å². The van der Waals surface area contributed by atoms with E-state index in [1.54, 1.807) is 18.2 Å². The summed E-state index contributed by atoms with van der Waals surface area (Å²) >= 11 is 0. The highest BCUT2D eigenvalue weighted by molar-refractivity contribution is 5.94. The lowest BCUT2D eigenvalue weighted by Crippen LogP contribution is -2.35. The first-order chi connectivity index (χ1) is 12.9. The Morgan fingerprint density at radius 3 is 2.30 bits per heavy atom. The molecule has 2 rings (SSSR count). The van der Waals surface area contributed by atoms with Crippen LogP contribution in [0.5, 0.6) is 11.5 Å². The smallest absolute Gasteiger partial charge is 0.254 e. The van der Waals surface area contributed by atoms with Crippen LogP contribution in [0, 0.1) is 11.6 Å². The van der Waals surface area contributed by atoms with Gasteiger partial charge in [0.15, 0.2) is 11.5 Å². The summed E-state index contributed by atoms with van der Waals surface area (Å²) in [4.78, 5) is 23.8. The molecule has 0 radical (unpaired) electrons. The Labute approximate surface area is 155 Å². The summed E-state index contributed by atoms with van der Waals surface area (Å²) in [5.41, 5.74) is 0.482. The SMILES string of the molecule is COc1ccc(CC(=O)NCCNC(=O)c2ccc(F)cc2F)cc1OC. The first kappa shape index (κ1) is 20.2. The number of nitrogens with one attached hydrogen (secondary N) is 2. The number of rotatable bonds is 8. The predicted octanol–water partition coefficient (Wildman–Crippen LogP) is 2.07. The van der Waals surface area contributed by atoms with Crippen molar-refractivity contribution in [1.82, 2.24) is 10.6 Å². The van der Waals surface area contributed by atoms with Crippen molar-refractivity contribution in [3.8, 4) is 11.5 Å². The number of ether oxygens (including phenoxy) is 2. The van der Waals surface area contributed by atoms with Gasteiger partial charge in [-0.3, -0.25) is 9.59 Å². The number of carbonyl (C=O) groups excluding carboxylic acids is 2. The van der Waals surface area contributed by atoms with Crippen LogP contribution in [0.4, 0.5) is 8.78 Å². The second-order valence-corrected chi connectivity index (χ2v) is 5.60. The summed E-state index contributed by atoms with van der Waals surface area (Å²) in [5.74, 6) is -1.53. The summed E-state index contributed by atoms with van der Waals surface area (Å²) in [6.45, 7) is 0.272. The maximum atomic E-state index is 13.5. The fourth-order valence-electron chi connectivity index (χ4n) is 2.39. The van der Waals surface area contributed by atoms with Crippen molar-refractivity contribution < 1.29 is 27.8 Å². The van der Waals surface area contributed by atoms with Crippen LogP contribution < -0.4 is 20.1 Å². The first-order valence-electron chi connectivity index (χ1n) is 8.15. The van der Waals surface area contributed by atoms with E-state index < -0.39 is 17.5 Å². The van der Waals surface area contributed by atoms with Gasteiger partial charge in [0.1, 0.15) is 11.6 Å². The van der Waals surface area contributed by atoms with E-state index in [0.717, 1.165) is 17.7 Å². The average molecular weight is 378 g/mol.